The first-order chi connectivity index (χ1) is 9.47. The maximum absolute atomic E-state index is 12.7. The summed E-state index contributed by atoms with van der Waals surface area (Å²) in [6, 6.07) is 7.16. The van der Waals surface area contributed by atoms with E-state index >= 15 is 0 Å². The minimum atomic E-state index is -4.53. The van der Waals surface area contributed by atoms with Crippen LogP contribution in [-0.4, -0.2) is 11.0 Å². The molecule has 2 rings (SSSR count). The van der Waals surface area contributed by atoms with Gasteiger partial charge in [0, 0.05) is 6.20 Å². The second-order valence-electron chi connectivity index (χ2n) is 3.86. The molecule has 20 heavy (non-hydrogen) atoms. The van der Waals surface area contributed by atoms with Crippen LogP contribution in [0.2, 0.25) is 0 Å². The molecule has 0 saturated heterocycles. The molecular formula is C13H10F3N3O. The number of hydrogen-bond acceptors (Lipinski definition) is 2. The first kappa shape index (κ1) is 13.9. The van der Waals surface area contributed by atoms with Crippen LogP contribution in [0.25, 0.3) is 0 Å². The number of amides is 2. The van der Waals surface area contributed by atoms with E-state index in [1.54, 1.807) is 12.1 Å². The standard InChI is InChI=1S/C13H10F3N3O/c14-13(15,16)10-5-1-2-6-11(10)19-12(20)18-9-4-3-7-17-8-9/h1-8H,(H2,18,19,20). The van der Waals surface area contributed by atoms with Crippen molar-refractivity contribution in [1.29, 1.82) is 0 Å². The predicted molar refractivity (Wildman–Crippen MR) is 68.3 cm³/mol. The molecule has 0 atom stereocenters. The summed E-state index contributed by atoms with van der Waals surface area (Å²) >= 11 is 0. The van der Waals surface area contributed by atoms with Gasteiger partial charge in [-0.15, -0.1) is 0 Å². The third kappa shape index (κ3) is 3.47. The molecule has 0 spiro atoms. The zero-order valence-electron chi connectivity index (χ0n) is 10.1. The monoisotopic (exact) mass is 281 g/mol. The van der Waals surface area contributed by atoms with Crippen LogP contribution in [0.1, 0.15) is 5.56 Å². The van der Waals surface area contributed by atoms with Crippen molar-refractivity contribution in [1.82, 2.24) is 4.98 Å². The van der Waals surface area contributed by atoms with Crippen molar-refractivity contribution >= 4 is 17.4 Å². The Balaban J connectivity index is 2.13. The van der Waals surface area contributed by atoms with Gasteiger partial charge in [-0.3, -0.25) is 4.98 Å². The summed E-state index contributed by atoms with van der Waals surface area (Å²) in [5.41, 5.74) is -0.822. The maximum atomic E-state index is 12.7. The number of nitrogens with zero attached hydrogens (tertiary/aromatic N) is 1. The van der Waals surface area contributed by atoms with Gasteiger partial charge in [0.1, 0.15) is 0 Å². The number of urea groups is 1. The number of alkyl halides is 3. The molecule has 1 aromatic heterocycles. The van der Waals surface area contributed by atoms with E-state index in [1.807, 2.05) is 0 Å². The Morgan fingerprint density at radius 1 is 1.05 bits per heavy atom. The summed E-state index contributed by atoms with van der Waals surface area (Å²) in [6.07, 6.45) is -1.63. The number of pyridine rings is 1. The number of aromatic nitrogens is 1. The fourth-order valence-electron chi connectivity index (χ4n) is 1.56. The van der Waals surface area contributed by atoms with Crippen LogP contribution >= 0.6 is 0 Å². The lowest BCUT2D eigenvalue weighted by atomic mass is 10.1. The van der Waals surface area contributed by atoms with Crippen molar-refractivity contribution in [3.63, 3.8) is 0 Å². The number of para-hydroxylation sites is 1. The summed E-state index contributed by atoms with van der Waals surface area (Å²) in [7, 11) is 0. The fraction of sp³-hybridized carbons (Fsp3) is 0.0769. The van der Waals surface area contributed by atoms with Gasteiger partial charge in [-0.2, -0.15) is 13.2 Å². The molecule has 7 heteroatoms. The molecule has 0 aliphatic rings. The third-order valence-electron chi connectivity index (χ3n) is 2.40. The van der Waals surface area contributed by atoms with E-state index in [9.17, 15) is 18.0 Å². The minimum absolute atomic E-state index is 0.304. The van der Waals surface area contributed by atoms with Gasteiger partial charge in [0.2, 0.25) is 0 Å². The summed E-state index contributed by atoms with van der Waals surface area (Å²) in [4.78, 5) is 15.4. The highest BCUT2D eigenvalue weighted by Crippen LogP contribution is 2.34. The topological polar surface area (TPSA) is 54.0 Å². The number of hydrogen-bond donors (Lipinski definition) is 2. The van der Waals surface area contributed by atoms with E-state index in [-0.39, 0.29) is 5.69 Å². The van der Waals surface area contributed by atoms with Crippen LogP contribution in [0.15, 0.2) is 48.8 Å². The number of benzene rings is 1. The molecule has 0 aliphatic carbocycles. The van der Waals surface area contributed by atoms with Gasteiger partial charge in [-0.05, 0) is 24.3 Å². The summed E-state index contributed by atoms with van der Waals surface area (Å²) in [5.74, 6) is 0. The lowest BCUT2D eigenvalue weighted by Crippen LogP contribution is -2.21. The van der Waals surface area contributed by atoms with Crippen LogP contribution in [0.4, 0.5) is 29.3 Å². The second kappa shape index (κ2) is 5.60. The third-order valence-corrected chi connectivity index (χ3v) is 2.40. The van der Waals surface area contributed by atoms with Gasteiger partial charge in [0.05, 0.1) is 23.1 Å². The Kier molecular flexibility index (Phi) is 3.88. The second-order valence-corrected chi connectivity index (χ2v) is 3.86. The average Bonchev–Trinajstić information content (AvgIpc) is 2.39. The van der Waals surface area contributed by atoms with E-state index < -0.39 is 17.8 Å². The molecule has 0 bridgehead atoms. The Hall–Kier alpha value is -2.57. The molecule has 0 saturated carbocycles. The van der Waals surface area contributed by atoms with Crippen LogP contribution in [0.5, 0.6) is 0 Å². The summed E-state index contributed by atoms with van der Waals surface area (Å²) < 4.78 is 38.2. The van der Waals surface area contributed by atoms with Crippen molar-refractivity contribution in [3.8, 4) is 0 Å². The maximum Gasteiger partial charge on any atom is 0.418 e. The Morgan fingerprint density at radius 2 is 1.80 bits per heavy atom. The molecule has 0 radical (unpaired) electrons. The van der Waals surface area contributed by atoms with E-state index in [1.165, 1.54) is 30.6 Å². The van der Waals surface area contributed by atoms with Crippen molar-refractivity contribution in [3.05, 3.63) is 54.4 Å². The number of nitrogens with one attached hydrogen (secondary N) is 2. The van der Waals surface area contributed by atoms with E-state index in [0.29, 0.717) is 5.69 Å². The van der Waals surface area contributed by atoms with Crippen LogP contribution in [0.3, 0.4) is 0 Å². The van der Waals surface area contributed by atoms with Gasteiger partial charge in [0.15, 0.2) is 0 Å². The van der Waals surface area contributed by atoms with Crippen LogP contribution < -0.4 is 10.6 Å². The van der Waals surface area contributed by atoms with Gasteiger partial charge >= 0.3 is 12.2 Å². The highest BCUT2D eigenvalue weighted by atomic mass is 19.4. The summed E-state index contributed by atoms with van der Waals surface area (Å²) in [5, 5.41) is 4.56. The van der Waals surface area contributed by atoms with Crippen LogP contribution in [-0.2, 0) is 6.18 Å². The van der Waals surface area contributed by atoms with Crippen molar-refractivity contribution in [2.45, 2.75) is 6.18 Å². The largest absolute Gasteiger partial charge is 0.418 e. The molecule has 1 aromatic carbocycles. The minimum Gasteiger partial charge on any atom is -0.307 e. The molecule has 104 valence electrons. The molecular weight excluding hydrogens is 271 g/mol. The summed E-state index contributed by atoms with van der Waals surface area (Å²) in [6.45, 7) is 0. The Bertz CT molecular complexity index is 599. The zero-order valence-corrected chi connectivity index (χ0v) is 10.1. The number of rotatable bonds is 2. The SMILES string of the molecule is O=C(Nc1cccnc1)Nc1ccccc1C(F)(F)F. The highest BCUT2D eigenvalue weighted by Gasteiger charge is 2.33. The van der Waals surface area contributed by atoms with E-state index in [0.717, 1.165) is 6.07 Å². The van der Waals surface area contributed by atoms with Crippen molar-refractivity contribution in [2.24, 2.45) is 0 Å². The Labute approximate surface area is 112 Å². The molecule has 2 N–H and O–H groups in total. The molecule has 0 aliphatic heterocycles. The van der Waals surface area contributed by atoms with Crippen molar-refractivity contribution < 1.29 is 18.0 Å². The fourth-order valence-corrected chi connectivity index (χ4v) is 1.56. The molecule has 2 amide bonds. The lowest BCUT2D eigenvalue weighted by molar-refractivity contribution is -0.136. The molecule has 1 heterocycles. The first-order valence-corrected chi connectivity index (χ1v) is 5.61. The number of carbonyl (C=O) groups is 1. The van der Waals surface area contributed by atoms with Crippen LogP contribution in [0, 0.1) is 0 Å². The normalized spacial score (nSPS) is 10.9. The predicted octanol–water partition coefficient (Wildman–Crippen LogP) is 3.74. The van der Waals surface area contributed by atoms with Gasteiger partial charge in [-0.25, -0.2) is 4.79 Å². The molecule has 4 nitrogen and oxygen atoms in total. The number of halogens is 3. The van der Waals surface area contributed by atoms with Gasteiger partial charge < -0.3 is 10.6 Å². The number of anilines is 2. The zero-order chi connectivity index (χ0) is 14.6. The number of carbonyl (C=O) groups excluding carboxylic acids is 1. The quantitative estimate of drug-likeness (QED) is 0.881. The average molecular weight is 281 g/mol. The van der Waals surface area contributed by atoms with Gasteiger partial charge in [-0.1, -0.05) is 12.1 Å². The van der Waals surface area contributed by atoms with E-state index in [4.69, 9.17) is 0 Å². The van der Waals surface area contributed by atoms with E-state index in [2.05, 4.69) is 15.6 Å². The first-order valence-electron chi connectivity index (χ1n) is 5.61. The van der Waals surface area contributed by atoms with Gasteiger partial charge in [0.25, 0.3) is 0 Å². The lowest BCUT2D eigenvalue weighted by Gasteiger charge is -2.13. The smallest absolute Gasteiger partial charge is 0.307 e. The molecule has 0 fully saturated rings. The highest BCUT2D eigenvalue weighted by molar-refractivity contribution is 6.00. The molecule has 2 aromatic rings. The molecule has 0 unspecified atom stereocenters. The Morgan fingerprint density at radius 3 is 2.45 bits per heavy atom. The van der Waals surface area contributed by atoms with Crippen molar-refractivity contribution in [2.75, 3.05) is 10.6 Å².